The van der Waals surface area contributed by atoms with Crippen LogP contribution >= 0.6 is 0 Å². The molecule has 1 aliphatic heterocycles. The van der Waals surface area contributed by atoms with Gasteiger partial charge in [0.25, 0.3) is 0 Å². The molecular formula is C23H25N5. The molecule has 1 aliphatic carbocycles. The van der Waals surface area contributed by atoms with E-state index >= 15 is 0 Å². The summed E-state index contributed by atoms with van der Waals surface area (Å²) in [7, 11) is 0. The summed E-state index contributed by atoms with van der Waals surface area (Å²) in [6.45, 7) is 8.66. The molecule has 1 heterocycles. The van der Waals surface area contributed by atoms with Crippen LogP contribution in [0.2, 0.25) is 0 Å². The van der Waals surface area contributed by atoms with E-state index in [-0.39, 0.29) is 11.6 Å². The molecule has 1 aromatic carbocycles. The summed E-state index contributed by atoms with van der Waals surface area (Å²) in [4.78, 5) is 2.26. The van der Waals surface area contributed by atoms with Crippen molar-refractivity contribution in [3.63, 3.8) is 0 Å². The average Bonchev–Trinajstić information content (AvgIpc) is 2.72. The molecule has 2 atom stereocenters. The molecule has 2 N–H and O–H groups in total. The fourth-order valence-electron chi connectivity index (χ4n) is 4.46. The van der Waals surface area contributed by atoms with E-state index in [2.05, 4.69) is 56.0 Å². The third kappa shape index (κ3) is 2.88. The Morgan fingerprint density at radius 3 is 2.32 bits per heavy atom. The van der Waals surface area contributed by atoms with E-state index in [9.17, 15) is 15.8 Å². The van der Waals surface area contributed by atoms with E-state index in [1.54, 1.807) is 0 Å². The Kier molecular flexibility index (Phi) is 5.28. The lowest BCUT2D eigenvalue weighted by Gasteiger charge is -2.45. The van der Waals surface area contributed by atoms with E-state index in [0.717, 1.165) is 24.2 Å². The van der Waals surface area contributed by atoms with Crippen LogP contribution in [0.15, 0.2) is 47.2 Å². The van der Waals surface area contributed by atoms with Crippen molar-refractivity contribution in [2.75, 3.05) is 19.6 Å². The molecule has 0 spiro atoms. The topological polar surface area (TPSA) is 101 Å². The van der Waals surface area contributed by atoms with Crippen LogP contribution in [0, 0.1) is 45.3 Å². The Balaban J connectivity index is 2.25. The molecule has 3 rings (SSSR count). The van der Waals surface area contributed by atoms with Gasteiger partial charge in [-0.3, -0.25) is 4.90 Å². The van der Waals surface area contributed by atoms with Gasteiger partial charge in [0.15, 0.2) is 5.41 Å². The maximum absolute atomic E-state index is 10.1. The Bertz CT molecular complexity index is 933. The highest BCUT2D eigenvalue weighted by atomic mass is 15.1. The first-order chi connectivity index (χ1) is 13.4. The Hall–Kier alpha value is -3.07. The summed E-state index contributed by atoms with van der Waals surface area (Å²) in [6.07, 6.45) is 2.04. The number of fused-ring (bicyclic) bond motifs is 1. The van der Waals surface area contributed by atoms with Gasteiger partial charge in [0.1, 0.15) is 6.07 Å². The van der Waals surface area contributed by atoms with Crippen LogP contribution in [0.1, 0.15) is 43.7 Å². The summed E-state index contributed by atoms with van der Waals surface area (Å²) in [5.74, 6) is -0.144. The summed E-state index contributed by atoms with van der Waals surface area (Å²) in [5.41, 5.74) is 8.17. The second-order valence-corrected chi connectivity index (χ2v) is 7.85. The third-order valence-corrected chi connectivity index (χ3v) is 6.15. The van der Waals surface area contributed by atoms with Gasteiger partial charge in [0.2, 0.25) is 0 Å². The minimum Gasteiger partial charge on any atom is -0.399 e. The maximum Gasteiger partial charge on any atom is 0.191 e. The van der Waals surface area contributed by atoms with Crippen LogP contribution in [0.4, 0.5) is 0 Å². The fourth-order valence-corrected chi connectivity index (χ4v) is 4.46. The largest absolute Gasteiger partial charge is 0.399 e. The van der Waals surface area contributed by atoms with Crippen molar-refractivity contribution in [2.24, 2.45) is 17.1 Å². The lowest BCUT2D eigenvalue weighted by atomic mass is 9.58. The van der Waals surface area contributed by atoms with Crippen molar-refractivity contribution in [3.05, 3.63) is 58.3 Å². The molecule has 0 amide bonds. The van der Waals surface area contributed by atoms with E-state index < -0.39 is 11.3 Å². The van der Waals surface area contributed by atoms with Gasteiger partial charge in [-0.1, -0.05) is 51.1 Å². The van der Waals surface area contributed by atoms with Gasteiger partial charge >= 0.3 is 0 Å². The van der Waals surface area contributed by atoms with Crippen molar-refractivity contribution in [2.45, 2.75) is 32.6 Å². The molecule has 0 bridgehead atoms. The van der Waals surface area contributed by atoms with E-state index in [1.165, 1.54) is 5.56 Å². The molecule has 2 aliphatic rings. The van der Waals surface area contributed by atoms with Gasteiger partial charge in [-0.2, -0.15) is 15.8 Å². The van der Waals surface area contributed by atoms with Gasteiger partial charge in [0.05, 0.1) is 23.4 Å². The summed E-state index contributed by atoms with van der Waals surface area (Å²) >= 11 is 0. The van der Waals surface area contributed by atoms with Gasteiger partial charge in [-0.05, 0) is 29.2 Å². The SMILES string of the molecule is CCN1CC=C2C(C#N)=C(N)C(C#N)(C#N)[C@@H](c3ccc(C(C)C)cc3)[C@H]2C1. The van der Waals surface area contributed by atoms with E-state index in [0.29, 0.717) is 18.0 Å². The number of likely N-dealkylation sites (N-methyl/N-ethyl adjacent to an activating group) is 1. The molecule has 0 unspecified atom stereocenters. The average molecular weight is 371 g/mol. The summed E-state index contributed by atoms with van der Waals surface area (Å²) in [5, 5.41) is 29.9. The molecule has 5 nitrogen and oxygen atoms in total. The molecule has 0 saturated carbocycles. The number of benzene rings is 1. The minimum atomic E-state index is -1.55. The van der Waals surface area contributed by atoms with E-state index in [4.69, 9.17) is 5.73 Å². The highest BCUT2D eigenvalue weighted by molar-refractivity contribution is 5.59. The summed E-state index contributed by atoms with van der Waals surface area (Å²) in [6, 6.07) is 14.7. The molecule has 0 aromatic heterocycles. The highest BCUT2D eigenvalue weighted by Gasteiger charge is 2.54. The Morgan fingerprint density at radius 1 is 1.18 bits per heavy atom. The van der Waals surface area contributed by atoms with Crippen molar-refractivity contribution in [1.82, 2.24) is 4.90 Å². The van der Waals surface area contributed by atoms with Crippen LogP contribution in [0.3, 0.4) is 0 Å². The zero-order chi connectivity index (χ0) is 20.5. The maximum atomic E-state index is 10.1. The molecule has 5 heteroatoms. The Labute approximate surface area is 167 Å². The molecule has 0 fully saturated rings. The van der Waals surface area contributed by atoms with E-state index in [1.807, 2.05) is 18.2 Å². The van der Waals surface area contributed by atoms with Crippen LogP contribution < -0.4 is 5.73 Å². The third-order valence-electron chi connectivity index (χ3n) is 6.15. The van der Waals surface area contributed by atoms with Crippen LogP contribution in [-0.4, -0.2) is 24.5 Å². The second kappa shape index (κ2) is 7.51. The monoisotopic (exact) mass is 371 g/mol. The minimum absolute atomic E-state index is 0.0883. The van der Waals surface area contributed by atoms with Crippen molar-refractivity contribution in [3.8, 4) is 18.2 Å². The number of nitriles is 3. The highest BCUT2D eigenvalue weighted by Crippen LogP contribution is 2.54. The Morgan fingerprint density at radius 2 is 1.82 bits per heavy atom. The first kappa shape index (κ1) is 19.7. The lowest BCUT2D eigenvalue weighted by molar-refractivity contribution is 0.214. The van der Waals surface area contributed by atoms with Crippen LogP contribution in [0.25, 0.3) is 0 Å². The first-order valence-corrected chi connectivity index (χ1v) is 9.68. The molecule has 0 radical (unpaired) electrons. The molecule has 28 heavy (non-hydrogen) atoms. The van der Waals surface area contributed by atoms with Gasteiger partial charge in [-0.15, -0.1) is 0 Å². The summed E-state index contributed by atoms with van der Waals surface area (Å²) < 4.78 is 0. The number of hydrogen-bond donors (Lipinski definition) is 1. The number of rotatable bonds is 3. The lowest BCUT2D eigenvalue weighted by Crippen LogP contribution is -2.48. The predicted octanol–water partition coefficient (Wildman–Crippen LogP) is 3.56. The first-order valence-electron chi connectivity index (χ1n) is 9.68. The molecular weight excluding hydrogens is 346 g/mol. The number of hydrogen-bond acceptors (Lipinski definition) is 5. The van der Waals surface area contributed by atoms with Crippen molar-refractivity contribution in [1.29, 1.82) is 15.8 Å². The number of nitrogens with two attached hydrogens (primary N) is 1. The number of allylic oxidation sites excluding steroid dienone is 2. The fraction of sp³-hybridized carbons (Fsp3) is 0.435. The van der Waals surface area contributed by atoms with Crippen molar-refractivity contribution >= 4 is 0 Å². The standard InChI is InChI=1S/C23H25N5/c1-4-28-10-9-18-19(11-24)22(27)23(13-25,14-26)21(20(18)12-28)17-7-5-16(6-8-17)15(2)3/h5-9,15,20-21H,4,10,12,27H2,1-3H3/t20-,21-/m0/s1. The van der Waals surface area contributed by atoms with Crippen molar-refractivity contribution < 1.29 is 0 Å². The quantitative estimate of drug-likeness (QED) is 0.875. The zero-order valence-corrected chi connectivity index (χ0v) is 16.6. The van der Waals surface area contributed by atoms with Gasteiger partial charge < -0.3 is 5.73 Å². The molecule has 1 aromatic rings. The van der Waals surface area contributed by atoms with Crippen LogP contribution in [0.5, 0.6) is 0 Å². The number of nitrogens with zero attached hydrogens (tertiary/aromatic N) is 4. The normalized spacial score (nSPS) is 24.0. The predicted molar refractivity (Wildman–Crippen MR) is 107 cm³/mol. The smallest absolute Gasteiger partial charge is 0.191 e. The van der Waals surface area contributed by atoms with Gasteiger partial charge in [-0.25, -0.2) is 0 Å². The molecule has 142 valence electrons. The molecule has 0 saturated heterocycles. The van der Waals surface area contributed by atoms with Crippen LogP contribution in [-0.2, 0) is 0 Å². The van der Waals surface area contributed by atoms with Gasteiger partial charge in [0, 0.05) is 24.9 Å². The zero-order valence-electron chi connectivity index (χ0n) is 16.6. The second-order valence-electron chi connectivity index (χ2n) is 7.85.